The smallest absolute Gasteiger partial charge is 0.251 e. The third-order valence-electron chi connectivity index (χ3n) is 12.2. The number of hydrogen-bond acceptors (Lipinski definition) is 7. The van der Waals surface area contributed by atoms with E-state index in [1.807, 2.05) is 0 Å². The number of carbonyl (C=O) groups excluding carboxylic acids is 2. The van der Waals surface area contributed by atoms with Crippen LogP contribution in [0.25, 0.3) is 10.9 Å². The number of ether oxygens (including phenoxy) is 3. The summed E-state index contributed by atoms with van der Waals surface area (Å²) in [6.07, 6.45) is 38.8. The van der Waals surface area contributed by atoms with Gasteiger partial charge in [-0.15, -0.1) is 0 Å². The summed E-state index contributed by atoms with van der Waals surface area (Å²) in [4.78, 5) is 30.8. The van der Waals surface area contributed by atoms with Crippen molar-refractivity contribution in [3.63, 3.8) is 0 Å². The van der Waals surface area contributed by atoms with Gasteiger partial charge in [-0.1, -0.05) is 212 Å². The van der Waals surface area contributed by atoms with Crippen LogP contribution >= 0.6 is 0 Å². The van der Waals surface area contributed by atoms with Crippen molar-refractivity contribution in [3.05, 3.63) is 53.7 Å². The number of amides is 2. The molecular formula is C55H88N3O6-. The fourth-order valence-electron chi connectivity index (χ4n) is 8.22. The van der Waals surface area contributed by atoms with Gasteiger partial charge >= 0.3 is 0 Å². The van der Waals surface area contributed by atoms with E-state index in [2.05, 4.69) is 36.4 Å². The molecule has 0 spiro atoms. The van der Waals surface area contributed by atoms with Crippen molar-refractivity contribution in [1.29, 1.82) is 0 Å². The summed E-state index contributed by atoms with van der Waals surface area (Å²) in [5.41, 5.74) is 0.701. The Morgan fingerprint density at radius 2 is 0.891 bits per heavy atom. The second-order valence-electron chi connectivity index (χ2n) is 17.9. The molecule has 360 valence electrons. The van der Waals surface area contributed by atoms with Crippen LogP contribution in [0.1, 0.15) is 234 Å². The Morgan fingerprint density at radius 1 is 0.500 bits per heavy atom. The Labute approximate surface area is 389 Å². The molecule has 2 N–H and O–H groups in total. The van der Waals surface area contributed by atoms with Gasteiger partial charge in [-0.3, -0.25) is 14.6 Å². The Balaban J connectivity index is 1.64. The molecule has 9 heteroatoms. The van der Waals surface area contributed by atoms with Crippen LogP contribution in [0.4, 0.5) is 0 Å². The number of unbranched alkanes of at least 4 members (excludes halogenated alkanes) is 27. The lowest BCUT2D eigenvalue weighted by atomic mass is 10.1. The highest BCUT2D eigenvalue weighted by molar-refractivity contribution is 6.02. The Morgan fingerprint density at radius 3 is 1.33 bits per heavy atom. The fourth-order valence-corrected chi connectivity index (χ4v) is 8.22. The van der Waals surface area contributed by atoms with Gasteiger partial charge in [0, 0.05) is 30.4 Å². The average molecular weight is 887 g/mol. The zero-order valence-electron chi connectivity index (χ0n) is 40.7. The lowest BCUT2D eigenvalue weighted by Gasteiger charge is -2.19. The van der Waals surface area contributed by atoms with Crippen LogP contribution < -0.4 is 30.0 Å². The van der Waals surface area contributed by atoms with E-state index in [0.717, 1.165) is 38.5 Å². The molecule has 3 aromatic rings. The van der Waals surface area contributed by atoms with Crippen LogP contribution in [-0.4, -0.2) is 49.7 Å². The van der Waals surface area contributed by atoms with E-state index in [1.54, 1.807) is 36.5 Å². The third-order valence-corrected chi connectivity index (χ3v) is 12.2. The molecule has 0 atom stereocenters. The average Bonchev–Trinajstić information content (AvgIpc) is 3.31. The largest absolute Gasteiger partial charge is 0.870 e. The molecule has 2 aromatic carbocycles. The van der Waals surface area contributed by atoms with E-state index in [0.29, 0.717) is 48.0 Å². The maximum Gasteiger partial charge on any atom is 0.251 e. The van der Waals surface area contributed by atoms with E-state index >= 15 is 0 Å². The Hall–Kier alpha value is -4.01. The number of hydrogen-bond donors (Lipinski definition) is 2. The first-order chi connectivity index (χ1) is 31.5. The van der Waals surface area contributed by atoms with Gasteiger partial charge in [0.1, 0.15) is 0 Å². The molecule has 9 nitrogen and oxygen atoms in total. The van der Waals surface area contributed by atoms with Gasteiger partial charge in [0.05, 0.1) is 25.3 Å². The number of rotatable bonds is 41. The summed E-state index contributed by atoms with van der Waals surface area (Å²) < 4.78 is 19.5. The maximum atomic E-state index is 13.7. The van der Waals surface area contributed by atoms with Crippen LogP contribution in [0.15, 0.2) is 42.6 Å². The van der Waals surface area contributed by atoms with Crippen LogP contribution in [0.5, 0.6) is 23.0 Å². The minimum absolute atomic E-state index is 0.0271. The van der Waals surface area contributed by atoms with Crippen molar-refractivity contribution in [2.75, 3.05) is 32.9 Å². The molecule has 0 saturated heterocycles. The third kappa shape index (κ3) is 23.3. The molecule has 0 radical (unpaired) electrons. The summed E-state index contributed by atoms with van der Waals surface area (Å²) in [5.74, 6) is 0.441. The first-order valence-corrected chi connectivity index (χ1v) is 26.2. The highest BCUT2D eigenvalue weighted by atomic mass is 16.5. The van der Waals surface area contributed by atoms with Crippen LogP contribution in [0.2, 0.25) is 0 Å². The van der Waals surface area contributed by atoms with E-state index in [-0.39, 0.29) is 30.1 Å². The van der Waals surface area contributed by atoms with Gasteiger partial charge in [-0.25, -0.2) is 0 Å². The first-order valence-electron chi connectivity index (χ1n) is 26.2. The molecule has 0 fully saturated rings. The fraction of sp³-hybridized carbons (Fsp3) is 0.691. The van der Waals surface area contributed by atoms with E-state index in [4.69, 9.17) is 14.2 Å². The quantitative estimate of drug-likeness (QED) is 0.0544. The van der Waals surface area contributed by atoms with Crippen LogP contribution in [-0.2, 0) is 0 Å². The monoisotopic (exact) mass is 887 g/mol. The highest BCUT2D eigenvalue weighted by Crippen LogP contribution is 2.40. The van der Waals surface area contributed by atoms with Crippen molar-refractivity contribution >= 4 is 22.7 Å². The van der Waals surface area contributed by atoms with Gasteiger partial charge in [0.25, 0.3) is 11.8 Å². The van der Waals surface area contributed by atoms with Crippen LogP contribution in [0, 0.1) is 0 Å². The Bertz CT molecular complexity index is 1620. The van der Waals surface area contributed by atoms with E-state index in [9.17, 15) is 14.7 Å². The maximum absolute atomic E-state index is 13.7. The standard InChI is InChI=1S/C55H89N3O6/c1-4-7-10-13-16-19-22-25-28-31-41-62-49-44-47(54(60)57-39-40-58-55(61)48-37-36-46-35-34-38-56-51(46)52(48)59)45-50(63-42-32-29-26-23-20-17-14-11-8-5-2)53(49)64-43-33-30-27-24-21-18-15-12-9-6-3/h34-38,44-45,59H,4-33,39-43H2,1-3H3,(H,57,60)(H,58,61)/p-1. The zero-order valence-corrected chi connectivity index (χ0v) is 40.7. The van der Waals surface area contributed by atoms with Gasteiger partial charge in [-0.2, -0.15) is 0 Å². The summed E-state index contributed by atoms with van der Waals surface area (Å²) in [6, 6.07) is 10.3. The van der Waals surface area contributed by atoms with Crippen LogP contribution in [0.3, 0.4) is 0 Å². The molecule has 0 saturated carbocycles. The molecule has 3 rings (SSSR count). The van der Waals surface area contributed by atoms with Crippen molar-refractivity contribution in [2.45, 2.75) is 213 Å². The Kier molecular flexibility index (Phi) is 30.8. The van der Waals surface area contributed by atoms with Gasteiger partial charge in [0.2, 0.25) is 5.75 Å². The topological polar surface area (TPSA) is 122 Å². The number of benzene rings is 2. The summed E-state index contributed by atoms with van der Waals surface area (Å²) in [7, 11) is 0. The highest BCUT2D eigenvalue weighted by Gasteiger charge is 2.20. The zero-order chi connectivity index (χ0) is 45.7. The molecule has 1 aromatic heterocycles. The predicted octanol–water partition coefficient (Wildman–Crippen LogP) is 14.4. The van der Waals surface area contributed by atoms with Gasteiger partial charge in [-0.05, 0) is 48.9 Å². The lowest BCUT2D eigenvalue weighted by molar-refractivity contribution is -0.266. The summed E-state index contributed by atoms with van der Waals surface area (Å²) in [5, 5.41) is 19.3. The molecule has 0 unspecified atom stereocenters. The SMILES string of the molecule is CCCCCCCCCCCCOc1cc(C(=O)NCCNC(=O)c2ccc3cccnc3c2[O-])cc(OCCCCCCCCCCCC)c1OCCCCCCCCCCCC. The minimum Gasteiger partial charge on any atom is -0.870 e. The van der Waals surface area contributed by atoms with Gasteiger partial charge in [0.15, 0.2) is 11.5 Å². The van der Waals surface area contributed by atoms with Crippen molar-refractivity contribution < 1.29 is 28.9 Å². The van der Waals surface area contributed by atoms with E-state index < -0.39 is 11.7 Å². The molecule has 1 heterocycles. The molecule has 0 aliphatic heterocycles. The minimum atomic E-state index is -0.499. The molecular weight excluding hydrogens is 799 g/mol. The molecule has 0 aliphatic rings. The summed E-state index contributed by atoms with van der Waals surface area (Å²) in [6.45, 7) is 8.73. The molecule has 64 heavy (non-hydrogen) atoms. The molecule has 0 aliphatic carbocycles. The number of pyridine rings is 1. The second-order valence-corrected chi connectivity index (χ2v) is 17.9. The normalized spacial score (nSPS) is 11.2. The predicted molar refractivity (Wildman–Crippen MR) is 264 cm³/mol. The van der Waals surface area contributed by atoms with Gasteiger partial charge < -0.3 is 30.0 Å². The number of aromatic nitrogens is 1. The van der Waals surface area contributed by atoms with E-state index in [1.165, 1.54) is 160 Å². The summed E-state index contributed by atoms with van der Waals surface area (Å²) >= 11 is 0. The number of nitrogens with one attached hydrogen (secondary N) is 2. The first kappa shape index (κ1) is 54.3. The molecule has 0 bridgehead atoms. The number of carbonyl (C=O) groups is 2. The van der Waals surface area contributed by atoms with Crippen molar-refractivity contribution in [1.82, 2.24) is 15.6 Å². The number of fused-ring (bicyclic) bond motifs is 1. The van der Waals surface area contributed by atoms with Crippen molar-refractivity contribution in [2.24, 2.45) is 0 Å². The molecule has 2 amide bonds. The van der Waals surface area contributed by atoms with Crippen molar-refractivity contribution in [3.8, 4) is 23.0 Å². The lowest BCUT2D eigenvalue weighted by Crippen LogP contribution is -2.35. The second kappa shape index (κ2) is 36.2. The number of nitrogens with zero attached hydrogens (tertiary/aromatic N) is 1.